The second-order valence-corrected chi connectivity index (χ2v) is 7.28. The molecule has 0 saturated heterocycles. The smallest absolute Gasteiger partial charge is 0.501 e. The molecule has 3 rings (SSSR count). The number of hydrogen-bond donors (Lipinski definition) is 0. The zero-order valence-corrected chi connectivity index (χ0v) is 20.3. The summed E-state index contributed by atoms with van der Waals surface area (Å²) in [5, 5.41) is 0. The average Bonchev–Trinajstić information content (AvgIpc) is 2.74. The molecule has 1 heterocycles. The van der Waals surface area contributed by atoms with Gasteiger partial charge in [-0.1, -0.05) is 12.1 Å². The van der Waals surface area contributed by atoms with E-state index >= 15 is 0 Å². The number of hydrogen-bond acceptors (Lipinski definition) is 2. The topological polar surface area (TPSA) is 25.2 Å². The van der Waals surface area contributed by atoms with Gasteiger partial charge in [0.2, 0.25) is 0 Å². The number of nitrogens with zero attached hydrogens (tertiary/aromatic N) is 2. The van der Waals surface area contributed by atoms with E-state index in [-0.39, 0.29) is 43.0 Å². The molecular formula is C24H21F6IrN2. The van der Waals surface area contributed by atoms with Gasteiger partial charge >= 0.3 is 32.5 Å². The number of alkyl halides is 6. The summed E-state index contributed by atoms with van der Waals surface area (Å²) >= 11 is 0. The molecule has 0 fully saturated rings. The van der Waals surface area contributed by atoms with Crippen molar-refractivity contribution in [3.63, 3.8) is 0 Å². The van der Waals surface area contributed by atoms with Crippen LogP contribution < -0.4 is 0 Å². The molecule has 2 aromatic carbocycles. The fraction of sp³-hybridized carbons (Fsp3) is 0.250. The summed E-state index contributed by atoms with van der Waals surface area (Å²) in [4.78, 5) is 7.25. The molecule has 0 aliphatic heterocycles. The molecule has 0 N–H and O–H groups in total. The van der Waals surface area contributed by atoms with Crippen LogP contribution in [0.2, 0.25) is 0 Å². The maximum absolute atomic E-state index is 12.7. The van der Waals surface area contributed by atoms with Crippen molar-refractivity contribution in [2.24, 2.45) is 4.99 Å². The van der Waals surface area contributed by atoms with Crippen molar-refractivity contribution in [2.45, 2.75) is 38.7 Å². The van der Waals surface area contributed by atoms with Crippen LogP contribution in [-0.4, -0.2) is 17.2 Å². The van der Waals surface area contributed by atoms with Crippen LogP contribution in [0.3, 0.4) is 0 Å². The third-order valence-electron chi connectivity index (χ3n) is 3.44. The van der Waals surface area contributed by atoms with Crippen molar-refractivity contribution >= 4 is 6.72 Å². The molecule has 9 heteroatoms. The standard InChI is InChI=1S/C13H6F6N.C6H5.C5H10N.Ir/c14-12(15,16)9-5-8(11-3-1-2-4-20-11)6-10(7-9)13(17,18)19;1-2-4-6-5-3-1;1-5(2,3)6-4;/h1-5,7H;1-5H;4H,1-3H3;/q3*-1;+3. The van der Waals surface area contributed by atoms with Crippen LogP contribution in [0.15, 0.2) is 71.9 Å². The quantitative estimate of drug-likeness (QED) is 0.154. The van der Waals surface area contributed by atoms with E-state index < -0.39 is 23.5 Å². The molecule has 33 heavy (non-hydrogen) atoms. The Hall–Kier alpha value is -2.51. The van der Waals surface area contributed by atoms with Crippen molar-refractivity contribution < 1.29 is 46.4 Å². The predicted molar refractivity (Wildman–Crippen MR) is 112 cm³/mol. The summed E-state index contributed by atoms with van der Waals surface area (Å²) < 4.78 is 75.8. The van der Waals surface area contributed by atoms with Gasteiger partial charge in [-0.15, -0.1) is 23.8 Å². The monoisotopic (exact) mass is 644 g/mol. The first kappa shape index (κ1) is 30.5. The van der Waals surface area contributed by atoms with Crippen LogP contribution in [0.5, 0.6) is 0 Å². The van der Waals surface area contributed by atoms with E-state index in [9.17, 15) is 26.3 Å². The molecule has 0 saturated carbocycles. The van der Waals surface area contributed by atoms with Gasteiger partial charge in [0, 0.05) is 11.7 Å². The van der Waals surface area contributed by atoms with E-state index in [0.717, 1.165) is 0 Å². The molecule has 3 aromatic rings. The van der Waals surface area contributed by atoms with Gasteiger partial charge in [0.05, 0.1) is 0 Å². The van der Waals surface area contributed by atoms with E-state index in [0.29, 0.717) is 6.07 Å². The summed E-state index contributed by atoms with van der Waals surface area (Å²) in [7, 11) is 0. The van der Waals surface area contributed by atoms with E-state index in [2.05, 4.69) is 16.0 Å². The molecule has 0 bridgehead atoms. The average molecular weight is 644 g/mol. The maximum Gasteiger partial charge on any atom is 3.00 e. The van der Waals surface area contributed by atoms with Gasteiger partial charge in [0.1, 0.15) is 0 Å². The summed E-state index contributed by atoms with van der Waals surface area (Å²) in [6.07, 6.45) is -8.51. The Morgan fingerprint density at radius 1 is 0.848 bits per heavy atom. The molecule has 0 atom stereocenters. The van der Waals surface area contributed by atoms with Gasteiger partial charge in [-0.3, -0.25) is 0 Å². The second-order valence-electron chi connectivity index (χ2n) is 7.28. The number of rotatable bonds is 1. The molecule has 0 amide bonds. The number of aliphatic imine (C=N–C) groups is 1. The molecule has 0 unspecified atom stereocenters. The van der Waals surface area contributed by atoms with Crippen LogP contribution >= 0.6 is 0 Å². The number of pyridine rings is 1. The third-order valence-corrected chi connectivity index (χ3v) is 3.44. The van der Waals surface area contributed by atoms with Crippen molar-refractivity contribution in [3.8, 4) is 11.3 Å². The molecule has 0 aliphatic carbocycles. The molecule has 0 spiro atoms. The Labute approximate surface area is 203 Å². The van der Waals surface area contributed by atoms with Crippen molar-refractivity contribution in [3.05, 3.63) is 90.1 Å². The minimum absolute atomic E-state index is 0. The van der Waals surface area contributed by atoms with Gasteiger partial charge in [0.15, 0.2) is 0 Å². The Kier molecular flexibility index (Phi) is 12.2. The molecule has 1 aromatic heterocycles. The SMILES string of the molecule is FC(F)(F)c1[c-]c(-c2ccccn2)cc(C(F)(F)F)c1.[CH-]=NC(C)(C)C.[Ir+3].[c-]1ccccc1. The van der Waals surface area contributed by atoms with Gasteiger partial charge in [-0.05, 0) is 43.7 Å². The second kappa shape index (κ2) is 13.3. The summed E-state index contributed by atoms with van der Waals surface area (Å²) in [6, 6.07) is 19.3. The first-order chi connectivity index (χ1) is 14.7. The molecule has 0 radical (unpaired) electrons. The minimum Gasteiger partial charge on any atom is -0.501 e. The summed E-state index contributed by atoms with van der Waals surface area (Å²) in [5.74, 6) is 0. The Morgan fingerprint density at radius 3 is 1.76 bits per heavy atom. The Bertz CT molecular complexity index is 892. The molecular weight excluding hydrogens is 622 g/mol. The van der Waals surface area contributed by atoms with E-state index in [1.807, 2.05) is 57.2 Å². The van der Waals surface area contributed by atoms with Crippen LogP contribution in [0, 0.1) is 12.1 Å². The minimum atomic E-state index is -4.91. The number of benzene rings is 2. The van der Waals surface area contributed by atoms with E-state index in [1.54, 1.807) is 0 Å². The third kappa shape index (κ3) is 12.3. The first-order valence-corrected chi connectivity index (χ1v) is 9.20. The molecule has 178 valence electrons. The summed E-state index contributed by atoms with van der Waals surface area (Å²) in [6.45, 7) is 10.8. The fourth-order valence-electron chi connectivity index (χ4n) is 1.89. The van der Waals surface area contributed by atoms with Gasteiger partial charge < -0.3 is 16.7 Å². The Morgan fingerprint density at radius 2 is 1.42 bits per heavy atom. The molecule has 0 aliphatic rings. The number of halogens is 6. The zero-order chi connectivity index (χ0) is 24.4. The van der Waals surface area contributed by atoms with E-state index in [1.165, 1.54) is 24.4 Å². The van der Waals surface area contributed by atoms with Crippen molar-refractivity contribution in [1.29, 1.82) is 0 Å². The zero-order valence-electron chi connectivity index (χ0n) is 17.9. The van der Waals surface area contributed by atoms with Crippen LogP contribution in [0.1, 0.15) is 31.9 Å². The maximum atomic E-state index is 12.7. The number of aromatic nitrogens is 1. The van der Waals surface area contributed by atoms with Crippen LogP contribution in [0.4, 0.5) is 26.3 Å². The Balaban J connectivity index is 0.000000647. The summed E-state index contributed by atoms with van der Waals surface area (Å²) in [5.41, 5.74) is -3.28. The largest absolute Gasteiger partial charge is 3.00 e. The van der Waals surface area contributed by atoms with Crippen molar-refractivity contribution in [2.75, 3.05) is 0 Å². The fourth-order valence-corrected chi connectivity index (χ4v) is 1.89. The van der Waals surface area contributed by atoms with Crippen LogP contribution in [-0.2, 0) is 32.5 Å². The van der Waals surface area contributed by atoms with E-state index in [4.69, 9.17) is 6.72 Å². The molecule has 2 nitrogen and oxygen atoms in total. The first-order valence-electron chi connectivity index (χ1n) is 9.20. The van der Waals surface area contributed by atoms with Crippen molar-refractivity contribution in [1.82, 2.24) is 4.98 Å². The normalized spacial score (nSPS) is 11.1. The van der Waals surface area contributed by atoms with Gasteiger partial charge in [-0.2, -0.15) is 62.7 Å². The van der Waals surface area contributed by atoms with Gasteiger partial charge in [0.25, 0.3) is 0 Å². The van der Waals surface area contributed by atoms with Gasteiger partial charge in [-0.25, -0.2) is 0 Å². The predicted octanol–water partition coefficient (Wildman–Crippen LogP) is 7.43. The van der Waals surface area contributed by atoms with Crippen LogP contribution in [0.25, 0.3) is 11.3 Å².